The second-order valence-electron chi connectivity index (χ2n) is 9.31. The molecule has 0 radical (unpaired) electrons. The third kappa shape index (κ3) is 7.48. The summed E-state index contributed by atoms with van der Waals surface area (Å²) < 4.78 is 27.0. The van der Waals surface area contributed by atoms with Crippen LogP contribution >= 0.6 is 0 Å². The fourth-order valence-electron chi connectivity index (χ4n) is 4.37. The number of benzene rings is 2. The number of nitrogens with two attached hydrogens (primary N) is 1. The number of amides is 3. The number of para-hydroxylation sites is 2. The molecule has 2 heterocycles. The van der Waals surface area contributed by atoms with E-state index in [2.05, 4.69) is 20.5 Å². The lowest BCUT2D eigenvalue weighted by atomic mass is 10.2. The number of urea groups is 1. The van der Waals surface area contributed by atoms with E-state index in [0.717, 1.165) is 43.8 Å². The van der Waals surface area contributed by atoms with Gasteiger partial charge in [0.15, 0.2) is 11.6 Å². The van der Waals surface area contributed by atoms with Gasteiger partial charge in [-0.3, -0.25) is 9.79 Å². The second kappa shape index (κ2) is 13.0. The van der Waals surface area contributed by atoms with Crippen molar-refractivity contribution in [3.8, 4) is 0 Å². The molecule has 2 aliphatic heterocycles. The minimum Gasteiger partial charge on any atom is -0.397 e. The van der Waals surface area contributed by atoms with Crippen molar-refractivity contribution in [2.24, 2.45) is 4.99 Å². The van der Waals surface area contributed by atoms with Gasteiger partial charge in [-0.1, -0.05) is 24.3 Å². The van der Waals surface area contributed by atoms with Crippen molar-refractivity contribution < 1.29 is 18.4 Å². The zero-order chi connectivity index (χ0) is 26.9. The molecule has 2 aliphatic rings. The van der Waals surface area contributed by atoms with Gasteiger partial charge in [0.05, 0.1) is 11.4 Å². The molecule has 200 valence electrons. The standard InChI is InChI=1S/C28H32F2N6O2/c29-22-12-11-21(17-23(22)30)33-28(38)36(16-6-15-35-13-3-4-14-35)19-20-7-5-10-26(32-18-20)27(37)34-25-9-2-1-8-24(25)31/h1-2,5,7-9,11-12,17-18H,3-4,6,10,13-16,19,31H2,(H,33,38)(H,34,37). The van der Waals surface area contributed by atoms with Crippen molar-refractivity contribution in [3.63, 3.8) is 0 Å². The predicted molar refractivity (Wildman–Crippen MR) is 146 cm³/mol. The maximum atomic E-state index is 13.7. The number of nitrogen functional groups attached to an aromatic ring is 1. The average Bonchev–Trinajstić information content (AvgIpc) is 3.31. The molecule has 0 aromatic heterocycles. The molecule has 2 aromatic rings. The fraction of sp³-hybridized carbons (Fsp3) is 0.321. The normalized spacial score (nSPS) is 15.4. The van der Waals surface area contributed by atoms with Crippen LogP contribution in [0.25, 0.3) is 0 Å². The van der Waals surface area contributed by atoms with Gasteiger partial charge in [0.25, 0.3) is 5.91 Å². The van der Waals surface area contributed by atoms with Crippen LogP contribution in [0.3, 0.4) is 0 Å². The number of likely N-dealkylation sites (tertiary alicyclic amines) is 1. The number of hydrogen-bond acceptors (Lipinski definition) is 5. The van der Waals surface area contributed by atoms with Gasteiger partial charge in [-0.05, 0) is 68.7 Å². The quantitative estimate of drug-likeness (QED) is 0.412. The number of halogens is 2. The SMILES string of the molecule is Nc1ccccc1NC(=O)C1=NC=C(CN(CCCN2CCCC2)C(=O)Nc2ccc(F)c(F)c2)C=CC1. The van der Waals surface area contributed by atoms with E-state index in [1.807, 2.05) is 12.2 Å². The number of hydrogen-bond donors (Lipinski definition) is 3. The zero-order valence-corrected chi connectivity index (χ0v) is 21.1. The van der Waals surface area contributed by atoms with Gasteiger partial charge in [-0.2, -0.15) is 0 Å². The summed E-state index contributed by atoms with van der Waals surface area (Å²) in [5.74, 6) is -2.37. The number of allylic oxidation sites excluding steroid dienone is 1. The molecule has 10 heteroatoms. The summed E-state index contributed by atoms with van der Waals surface area (Å²) in [5, 5.41) is 5.43. The van der Waals surface area contributed by atoms with Gasteiger partial charge in [-0.15, -0.1) is 0 Å². The van der Waals surface area contributed by atoms with Crippen LogP contribution in [-0.2, 0) is 4.79 Å². The fourth-order valence-corrected chi connectivity index (χ4v) is 4.37. The largest absolute Gasteiger partial charge is 0.397 e. The van der Waals surface area contributed by atoms with Gasteiger partial charge in [0.1, 0.15) is 5.71 Å². The molecular weight excluding hydrogens is 490 g/mol. The van der Waals surface area contributed by atoms with Gasteiger partial charge < -0.3 is 26.2 Å². The van der Waals surface area contributed by atoms with E-state index >= 15 is 0 Å². The number of nitrogens with zero attached hydrogens (tertiary/aromatic N) is 3. The molecule has 4 N–H and O–H groups in total. The number of carbonyl (C=O) groups is 2. The average molecular weight is 523 g/mol. The van der Waals surface area contributed by atoms with Gasteiger partial charge in [-0.25, -0.2) is 13.6 Å². The number of aliphatic imine (C=N–C) groups is 1. The molecule has 1 fully saturated rings. The maximum Gasteiger partial charge on any atom is 0.322 e. The zero-order valence-electron chi connectivity index (χ0n) is 21.1. The molecule has 0 aliphatic carbocycles. The van der Waals surface area contributed by atoms with Crippen LogP contribution in [0.5, 0.6) is 0 Å². The Kier molecular flexibility index (Phi) is 9.21. The van der Waals surface area contributed by atoms with Crippen molar-refractivity contribution in [1.82, 2.24) is 9.80 Å². The number of carbonyl (C=O) groups excluding carboxylic acids is 2. The minimum atomic E-state index is -1.03. The predicted octanol–water partition coefficient (Wildman–Crippen LogP) is 4.79. The van der Waals surface area contributed by atoms with Crippen LogP contribution in [0.1, 0.15) is 25.7 Å². The summed E-state index contributed by atoms with van der Waals surface area (Å²) in [7, 11) is 0. The molecule has 0 saturated carbocycles. The Morgan fingerprint density at radius 1 is 1.05 bits per heavy atom. The maximum absolute atomic E-state index is 13.7. The Balaban J connectivity index is 1.44. The highest BCUT2D eigenvalue weighted by molar-refractivity contribution is 6.43. The molecular formula is C28H32F2N6O2. The third-order valence-electron chi connectivity index (χ3n) is 6.43. The summed E-state index contributed by atoms with van der Waals surface area (Å²) >= 11 is 0. The van der Waals surface area contributed by atoms with Crippen LogP contribution in [0.4, 0.5) is 30.6 Å². The van der Waals surface area contributed by atoms with E-state index in [4.69, 9.17) is 5.73 Å². The molecule has 2 aromatic carbocycles. The van der Waals surface area contributed by atoms with Gasteiger partial charge >= 0.3 is 6.03 Å². The third-order valence-corrected chi connectivity index (χ3v) is 6.43. The van der Waals surface area contributed by atoms with Gasteiger partial charge in [0.2, 0.25) is 0 Å². The van der Waals surface area contributed by atoms with Crippen molar-refractivity contribution in [2.75, 3.05) is 49.1 Å². The Morgan fingerprint density at radius 2 is 1.84 bits per heavy atom. The second-order valence-corrected chi connectivity index (χ2v) is 9.31. The molecule has 4 rings (SSSR count). The molecule has 0 spiro atoms. The van der Waals surface area contributed by atoms with Crippen molar-refractivity contribution >= 4 is 34.7 Å². The first-order valence-electron chi connectivity index (χ1n) is 12.7. The van der Waals surface area contributed by atoms with E-state index in [0.29, 0.717) is 30.1 Å². The molecule has 8 nitrogen and oxygen atoms in total. The number of rotatable bonds is 9. The topological polar surface area (TPSA) is 103 Å². The molecule has 0 bridgehead atoms. The minimum absolute atomic E-state index is 0.168. The lowest BCUT2D eigenvalue weighted by molar-refractivity contribution is -0.110. The van der Waals surface area contributed by atoms with E-state index in [1.165, 1.54) is 18.9 Å². The van der Waals surface area contributed by atoms with Crippen LogP contribution in [0.2, 0.25) is 0 Å². The lowest BCUT2D eigenvalue weighted by Gasteiger charge is -2.25. The Hall–Kier alpha value is -4.05. The summed E-state index contributed by atoms with van der Waals surface area (Å²) in [6, 6.07) is 9.79. The van der Waals surface area contributed by atoms with Crippen LogP contribution < -0.4 is 16.4 Å². The first-order chi connectivity index (χ1) is 18.4. The number of nitrogens with one attached hydrogen (secondary N) is 2. The van der Waals surface area contributed by atoms with Gasteiger partial charge in [0, 0.05) is 37.5 Å². The molecule has 1 saturated heterocycles. The Bertz CT molecular complexity index is 1250. The van der Waals surface area contributed by atoms with Crippen molar-refractivity contribution in [2.45, 2.75) is 25.7 Å². The molecule has 3 amide bonds. The molecule has 0 atom stereocenters. The lowest BCUT2D eigenvalue weighted by Crippen LogP contribution is -2.38. The highest BCUT2D eigenvalue weighted by Gasteiger charge is 2.19. The summed E-state index contributed by atoms with van der Waals surface area (Å²) in [5.41, 5.74) is 8.09. The molecule has 38 heavy (non-hydrogen) atoms. The van der Waals surface area contributed by atoms with Crippen LogP contribution in [0, 0.1) is 11.6 Å². The van der Waals surface area contributed by atoms with Crippen molar-refractivity contribution in [1.29, 1.82) is 0 Å². The van der Waals surface area contributed by atoms with Crippen LogP contribution in [-0.4, -0.2) is 60.2 Å². The first-order valence-corrected chi connectivity index (χ1v) is 12.7. The van der Waals surface area contributed by atoms with E-state index < -0.39 is 17.7 Å². The van der Waals surface area contributed by atoms with E-state index in [1.54, 1.807) is 35.4 Å². The highest BCUT2D eigenvalue weighted by Crippen LogP contribution is 2.18. The summed E-state index contributed by atoms with van der Waals surface area (Å²) in [4.78, 5) is 34.2. The Labute approximate surface area is 220 Å². The smallest absolute Gasteiger partial charge is 0.322 e. The van der Waals surface area contributed by atoms with Crippen LogP contribution in [0.15, 0.2) is 71.4 Å². The first kappa shape index (κ1) is 27.0. The summed E-state index contributed by atoms with van der Waals surface area (Å²) in [6.07, 6.45) is 8.67. The van der Waals surface area contributed by atoms with E-state index in [9.17, 15) is 18.4 Å². The highest BCUT2D eigenvalue weighted by atomic mass is 19.2. The van der Waals surface area contributed by atoms with Crippen molar-refractivity contribution in [3.05, 3.63) is 78.0 Å². The van der Waals surface area contributed by atoms with E-state index in [-0.39, 0.29) is 18.1 Å². The summed E-state index contributed by atoms with van der Waals surface area (Å²) in [6.45, 7) is 3.68. The molecule has 0 unspecified atom stereocenters. The Morgan fingerprint density at radius 3 is 2.61 bits per heavy atom. The number of anilines is 3. The monoisotopic (exact) mass is 522 g/mol.